The van der Waals surface area contributed by atoms with E-state index in [1.54, 1.807) is 30.2 Å². The Balaban J connectivity index is 1.15. The normalized spacial score (nSPS) is 22.4. The molecule has 4 heterocycles. The zero-order valence-corrected chi connectivity index (χ0v) is 19.3. The van der Waals surface area contributed by atoms with E-state index in [0.29, 0.717) is 35.7 Å². The van der Waals surface area contributed by atoms with Crippen molar-refractivity contribution >= 4 is 40.2 Å². The van der Waals surface area contributed by atoms with Crippen molar-refractivity contribution in [3.8, 4) is 5.75 Å². The van der Waals surface area contributed by atoms with Crippen LogP contribution in [0.2, 0.25) is 0 Å². The fourth-order valence-electron chi connectivity index (χ4n) is 5.14. The predicted molar refractivity (Wildman–Crippen MR) is 128 cm³/mol. The molecule has 182 valence electrons. The Labute approximate surface area is 205 Å². The van der Waals surface area contributed by atoms with Gasteiger partial charge in [0.25, 0.3) is 17.7 Å². The Morgan fingerprint density at radius 1 is 1.06 bits per heavy atom. The van der Waals surface area contributed by atoms with Gasteiger partial charge in [0.1, 0.15) is 11.4 Å². The van der Waals surface area contributed by atoms with Gasteiger partial charge in [0, 0.05) is 30.1 Å². The molecule has 2 fully saturated rings. The van der Waals surface area contributed by atoms with Crippen molar-refractivity contribution in [3.63, 3.8) is 0 Å². The Morgan fingerprint density at radius 2 is 1.89 bits per heavy atom. The van der Waals surface area contributed by atoms with E-state index in [9.17, 15) is 19.2 Å². The summed E-state index contributed by atoms with van der Waals surface area (Å²) in [6, 6.07) is 13.6. The monoisotopic (exact) mass is 486 g/mol. The lowest BCUT2D eigenvalue weighted by Gasteiger charge is -2.19. The fourth-order valence-corrected chi connectivity index (χ4v) is 5.14. The first-order chi connectivity index (χ1) is 17.4. The zero-order chi connectivity index (χ0) is 25.0. The average Bonchev–Trinajstić information content (AvgIpc) is 3.56. The number of pyridine rings is 1. The SMILES string of the molecule is COc1ccc2nc(C(=O)N3C[C@H]4[C@@H](C3)OC[C@H]4C(=O)Nc3ccc4c(c3)C(=O)NC4=O)ccc2c1. The van der Waals surface area contributed by atoms with E-state index in [4.69, 9.17) is 9.47 Å². The van der Waals surface area contributed by atoms with Crippen LogP contribution in [0.25, 0.3) is 10.9 Å². The van der Waals surface area contributed by atoms with Crippen LogP contribution in [0.5, 0.6) is 5.75 Å². The van der Waals surface area contributed by atoms with Crippen molar-refractivity contribution in [2.24, 2.45) is 11.8 Å². The number of ether oxygens (including phenoxy) is 2. The van der Waals surface area contributed by atoms with E-state index in [-0.39, 0.29) is 41.6 Å². The van der Waals surface area contributed by atoms with Crippen molar-refractivity contribution in [2.75, 3.05) is 32.1 Å². The second-order valence-electron chi connectivity index (χ2n) is 9.14. The fraction of sp³-hybridized carbons (Fsp3) is 0.269. The summed E-state index contributed by atoms with van der Waals surface area (Å²) < 4.78 is 11.1. The molecule has 4 amide bonds. The lowest BCUT2D eigenvalue weighted by Crippen LogP contribution is -2.34. The molecule has 3 aromatic rings. The number of carbonyl (C=O) groups is 4. The van der Waals surface area contributed by atoms with Gasteiger partial charge in [-0.15, -0.1) is 0 Å². The molecule has 0 unspecified atom stereocenters. The molecule has 0 aliphatic carbocycles. The number of amides is 4. The predicted octanol–water partition coefficient (Wildman–Crippen LogP) is 1.85. The molecule has 0 spiro atoms. The molecular formula is C26H22N4O6. The second-order valence-corrected chi connectivity index (χ2v) is 9.14. The van der Waals surface area contributed by atoms with Crippen LogP contribution in [-0.4, -0.2) is 66.4 Å². The Hall–Kier alpha value is -4.31. The highest BCUT2D eigenvalue weighted by Crippen LogP contribution is 2.35. The second kappa shape index (κ2) is 8.42. The number of aromatic nitrogens is 1. The third-order valence-electron chi connectivity index (χ3n) is 7.06. The molecule has 10 heteroatoms. The van der Waals surface area contributed by atoms with E-state index < -0.39 is 17.7 Å². The molecule has 6 rings (SSSR count). The van der Waals surface area contributed by atoms with Gasteiger partial charge in [-0.1, -0.05) is 6.07 Å². The minimum atomic E-state index is -0.484. The summed E-state index contributed by atoms with van der Waals surface area (Å²) in [6.45, 7) is 1.02. The summed E-state index contributed by atoms with van der Waals surface area (Å²) in [6.07, 6.45) is -0.238. The van der Waals surface area contributed by atoms with E-state index >= 15 is 0 Å². The molecule has 3 aliphatic heterocycles. The average molecular weight is 486 g/mol. The van der Waals surface area contributed by atoms with Gasteiger partial charge < -0.3 is 19.7 Å². The number of methoxy groups -OCH3 is 1. The van der Waals surface area contributed by atoms with Crippen LogP contribution in [-0.2, 0) is 9.53 Å². The van der Waals surface area contributed by atoms with Gasteiger partial charge in [-0.25, -0.2) is 4.98 Å². The van der Waals surface area contributed by atoms with Gasteiger partial charge in [0.2, 0.25) is 5.91 Å². The summed E-state index contributed by atoms with van der Waals surface area (Å²) in [5.41, 5.74) is 1.97. The maximum atomic E-state index is 13.2. The smallest absolute Gasteiger partial charge is 0.272 e. The molecule has 2 saturated heterocycles. The highest BCUT2D eigenvalue weighted by molar-refractivity contribution is 6.22. The Bertz CT molecular complexity index is 1450. The molecule has 10 nitrogen and oxygen atoms in total. The highest BCUT2D eigenvalue weighted by Gasteiger charge is 2.48. The maximum absolute atomic E-state index is 13.2. The number of hydrogen-bond donors (Lipinski definition) is 2. The summed E-state index contributed by atoms with van der Waals surface area (Å²) in [4.78, 5) is 56.1. The van der Waals surface area contributed by atoms with Gasteiger partial charge in [0.05, 0.1) is 42.4 Å². The number of benzene rings is 2. The first kappa shape index (κ1) is 22.2. The Kier molecular flexibility index (Phi) is 5.18. The number of nitrogens with one attached hydrogen (secondary N) is 2. The van der Waals surface area contributed by atoms with E-state index in [1.165, 1.54) is 12.1 Å². The molecule has 0 radical (unpaired) electrons. The van der Waals surface area contributed by atoms with Crippen molar-refractivity contribution < 1.29 is 28.7 Å². The van der Waals surface area contributed by atoms with Crippen molar-refractivity contribution in [2.45, 2.75) is 6.10 Å². The number of nitrogens with zero attached hydrogens (tertiary/aromatic N) is 2. The molecule has 2 aromatic carbocycles. The summed E-state index contributed by atoms with van der Waals surface area (Å²) in [5, 5.41) is 5.94. The number of anilines is 1. The molecule has 36 heavy (non-hydrogen) atoms. The molecule has 2 N–H and O–H groups in total. The molecule has 0 bridgehead atoms. The maximum Gasteiger partial charge on any atom is 0.272 e. The minimum Gasteiger partial charge on any atom is -0.497 e. The number of imide groups is 1. The lowest BCUT2D eigenvalue weighted by atomic mass is 9.92. The molecule has 3 aliphatic rings. The summed E-state index contributed by atoms with van der Waals surface area (Å²) >= 11 is 0. The zero-order valence-electron chi connectivity index (χ0n) is 19.3. The number of likely N-dealkylation sites (tertiary alicyclic amines) is 1. The largest absolute Gasteiger partial charge is 0.497 e. The van der Waals surface area contributed by atoms with Gasteiger partial charge in [0.15, 0.2) is 0 Å². The van der Waals surface area contributed by atoms with Crippen LogP contribution in [0, 0.1) is 11.8 Å². The number of fused-ring (bicyclic) bond motifs is 3. The van der Waals surface area contributed by atoms with Crippen molar-refractivity contribution in [1.82, 2.24) is 15.2 Å². The van der Waals surface area contributed by atoms with Crippen molar-refractivity contribution in [3.05, 3.63) is 65.4 Å². The molecular weight excluding hydrogens is 464 g/mol. The minimum absolute atomic E-state index is 0.155. The quantitative estimate of drug-likeness (QED) is 0.539. The summed E-state index contributed by atoms with van der Waals surface area (Å²) in [7, 11) is 1.60. The van der Waals surface area contributed by atoms with Gasteiger partial charge in [-0.2, -0.15) is 0 Å². The molecule has 1 aromatic heterocycles. The van der Waals surface area contributed by atoms with Crippen LogP contribution in [0.15, 0.2) is 48.5 Å². The third-order valence-corrected chi connectivity index (χ3v) is 7.06. The number of hydrogen-bond acceptors (Lipinski definition) is 7. The van der Waals surface area contributed by atoms with Gasteiger partial charge >= 0.3 is 0 Å². The van der Waals surface area contributed by atoms with E-state index in [0.717, 1.165) is 5.39 Å². The third kappa shape index (κ3) is 3.66. The lowest BCUT2D eigenvalue weighted by molar-refractivity contribution is -0.120. The van der Waals surface area contributed by atoms with Gasteiger partial charge in [-0.05, 0) is 42.5 Å². The van der Waals surface area contributed by atoms with Crippen LogP contribution in [0.4, 0.5) is 5.69 Å². The van der Waals surface area contributed by atoms with Crippen LogP contribution < -0.4 is 15.4 Å². The standard InChI is InChI=1S/C26H22N4O6/c1-35-15-4-7-20-13(8-15)2-6-21(28-20)26(34)30-10-18-19(12-36-22(18)11-30)25(33)27-14-3-5-16-17(9-14)24(32)29-23(16)31/h2-9,18-19,22H,10-12H2,1H3,(H,27,33)(H,29,31,32)/t18-,19-,22-/m1/s1. The first-order valence-corrected chi connectivity index (χ1v) is 11.6. The van der Waals surface area contributed by atoms with Crippen LogP contribution in [0.3, 0.4) is 0 Å². The Morgan fingerprint density at radius 3 is 2.72 bits per heavy atom. The highest BCUT2D eigenvalue weighted by atomic mass is 16.5. The van der Waals surface area contributed by atoms with E-state index in [2.05, 4.69) is 15.6 Å². The van der Waals surface area contributed by atoms with E-state index in [1.807, 2.05) is 18.2 Å². The topological polar surface area (TPSA) is 127 Å². The van der Waals surface area contributed by atoms with Crippen molar-refractivity contribution in [1.29, 1.82) is 0 Å². The van der Waals surface area contributed by atoms with Crippen LogP contribution >= 0.6 is 0 Å². The van der Waals surface area contributed by atoms with Gasteiger partial charge in [-0.3, -0.25) is 24.5 Å². The number of rotatable bonds is 4. The van der Waals surface area contributed by atoms with Crippen LogP contribution in [0.1, 0.15) is 31.2 Å². The number of carbonyl (C=O) groups excluding carboxylic acids is 4. The summed E-state index contributed by atoms with van der Waals surface area (Å²) in [5.74, 6) is -1.28. The first-order valence-electron chi connectivity index (χ1n) is 11.6. The molecule has 3 atom stereocenters. The molecule has 0 saturated carbocycles.